The summed E-state index contributed by atoms with van der Waals surface area (Å²) in [5.74, 6) is 0.515. The number of nitrogens with zero attached hydrogens (tertiary/aromatic N) is 2. The van der Waals surface area contributed by atoms with Crippen molar-refractivity contribution in [1.29, 1.82) is 0 Å². The van der Waals surface area contributed by atoms with Crippen molar-refractivity contribution in [2.75, 3.05) is 38.5 Å². The minimum atomic E-state index is -0.103. The summed E-state index contributed by atoms with van der Waals surface area (Å²) in [6, 6.07) is 1.78. The minimum Gasteiger partial charge on any atom is -0.370 e. The van der Waals surface area contributed by atoms with E-state index in [1.54, 1.807) is 12.3 Å². The molecule has 1 aromatic rings. The van der Waals surface area contributed by atoms with Gasteiger partial charge in [0.15, 0.2) is 0 Å². The Hall–Kier alpha value is -1.14. The van der Waals surface area contributed by atoms with Gasteiger partial charge in [-0.3, -0.25) is 4.79 Å². The second-order valence-electron chi connectivity index (χ2n) is 4.23. The van der Waals surface area contributed by atoms with Gasteiger partial charge in [0, 0.05) is 30.3 Å². The summed E-state index contributed by atoms with van der Waals surface area (Å²) in [5.41, 5.74) is 0.565. The highest BCUT2D eigenvalue weighted by Crippen LogP contribution is 2.17. The van der Waals surface area contributed by atoms with E-state index in [0.717, 1.165) is 24.1 Å². The lowest BCUT2D eigenvalue weighted by atomic mass is 10.2. The first-order chi connectivity index (χ1) is 9.08. The van der Waals surface area contributed by atoms with Crippen molar-refractivity contribution >= 4 is 27.7 Å². The average Bonchev–Trinajstić information content (AvgIpc) is 2.40. The van der Waals surface area contributed by atoms with E-state index in [1.165, 1.54) is 0 Å². The number of nitrogens with one attached hydrogen (secondary N) is 2. The zero-order valence-corrected chi connectivity index (χ0v) is 13.2. The van der Waals surface area contributed by atoms with Gasteiger partial charge in [-0.25, -0.2) is 4.98 Å². The molecule has 1 aromatic heterocycles. The second-order valence-corrected chi connectivity index (χ2v) is 5.15. The third-order valence-electron chi connectivity index (χ3n) is 2.76. The van der Waals surface area contributed by atoms with Crippen LogP contribution in [0.5, 0.6) is 0 Å². The Morgan fingerprint density at radius 2 is 2.21 bits per heavy atom. The Morgan fingerprint density at radius 1 is 1.47 bits per heavy atom. The largest absolute Gasteiger partial charge is 0.370 e. The van der Waals surface area contributed by atoms with E-state index in [2.05, 4.69) is 43.4 Å². The summed E-state index contributed by atoms with van der Waals surface area (Å²) in [7, 11) is 2.02. The molecule has 1 heterocycles. The number of hydrogen-bond donors (Lipinski definition) is 2. The summed E-state index contributed by atoms with van der Waals surface area (Å²) in [5, 5.41) is 6.00. The van der Waals surface area contributed by atoms with Crippen LogP contribution in [0, 0.1) is 0 Å². The third kappa shape index (κ3) is 5.16. The van der Waals surface area contributed by atoms with E-state index < -0.39 is 0 Å². The lowest BCUT2D eigenvalue weighted by Gasteiger charge is -2.15. The van der Waals surface area contributed by atoms with Gasteiger partial charge >= 0.3 is 0 Å². The van der Waals surface area contributed by atoms with Crippen LogP contribution in [-0.2, 0) is 0 Å². The Bertz CT molecular complexity index is 425. The van der Waals surface area contributed by atoms with Crippen LogP contribution < -0.4 is 10.6 Å². The monoisotopic (exact) mass is 328 g/mol. The van der Waals surface area contributed by atoms with Gasteiger partial charge < -0.3 is 15.5 Å². The molecular formula is C13H21BrN4O. The molecule has 6 heteroatoms. The minimum absolute atomic E-state index is 0.103. The second kappa shape index (κ2) is 8.12. The summed E-state index contributed by atoms with van der Waals surface area (Å²) >= 11 is 3.34. The highest BCUT2D eigenvalue weighted by Gasteiger charge is 2.12. The SMILES string of the molecule is CCNc1ncc(Br)cc1C(=O)NCCN(C)CC. The van der Waals surface area contributed by atoms with E-state index in [9.17, 15) is 4.79 Å². The van der Waals surface area contributed by atoms with Crippen LogP contribution in [0.4, 0.5) is 5.82 Å². The zero-order valence-electron chi connectivity index (χ0n) is 11.7. The Labute approximate surface area is 122 Å². The number of rotatable bonds is 7. The molecule has 0 spiro atoms. The number of carbonyl (C=O) groups excluding carboxylic acids is 1. The van der Waals surface area contributed by atoms with Crippen molar-refractivity contribution in [3.63, 3.8) is 0 Å². The highest BCUT2D eigenvalue weighted by molar-refractivity contribution is 9.10. The predicted octanol–water partition coefficient (Wildman–Crippen LogP) is 1.96. The molecule has 0 saturated heterocycles. The molecule has 0 fully saturated rings. The fourth-order valence-corrected chi connectivity index (χ4v) is 1.87. The van der Waals surface area contributed by atoms with Crippen molar-refractivity contribution in [2.24, 2.45) is 0 Å². The molecule has 0 aliphatic heterocycles. The van der Waals surface area contributed by atoms with E-state index in [4.69, 9.17) is 0 Å². The number of aromatic nitrogens is 1. The maximum Gasteiger partial charge on any atom is 0.255 e. The number of carbonyl (C=O) groups is 1. The number of halogens is 1. The molecule has 0 aromatic carbocycles. The van der Waals surface area contributed by atoms with Crippen LogP contribution in [0.2, 0.25) is 0 Å². The molecule has 0 aliphatic rings. The summed E-state index contributed by atoms with van der Waals surface area (Å²) in [4.78, 5) is 18.5. The Balaban J connectivity index is 2.67. The standard InChI is InChI=1S/C13H21BrN4O/c1-4-15-12-11(8-10(14)9-17-12)13(19)16-6-7-18(3)5-2/h8-9H,4-7H2,1-3H3,(H,15,17)(H,16,19). The van der Waals surface area contributed by atoms with Crippen molar-refractivity contribution in [3.8, 4) is 0 Å². The summed E-state index contributed by atoms with van der Waals surface area (Å²) in [6.07, 6.45) is 1.68. The molecule has 5 nitrogen and oxygen atoms in total. The highest BCUT2D eigenvalue weighted by atomic mass is 79.9. The Morgan fingerprint density at radius 3 is 2.84 bits per heavy atom. The topological polar surface area (TPSA) is 57.3 Å². The van der Waals surface area contributed by atoms with Crippen molar-refractivity contribution in [3.05, 3.63) is 22.3 Å². The van der Waals surface area contributed by atoms with Gasteiger partial charge in [-0.15, -0.1) is 0 Å². The van der Waals surface area contributed by atoms with Gasteiger partial charge in [-0.05, 0) is 42.5 Å². The molecule has 1 rings (SSSR count). The van der Waals surface area contributed by atoms with Gasteiger partial charge in [0.05, 0.1) is 5.56 Å². The Kier molecular flexibility index (Phi) is 6.80. The number of likely N-dealkylation sites (N-methyl/N-ethyl adjacent to an activating group) is 1. The molecule has 106 valence electrons. The molecule has 2 N–H and O–H groups in total. The van der Waals surface area contributed by atoms with Crippen molar-refractivity contribution in [2.45, 2.75) is 13.8 Å². The smallest absolute Gasteiger partial charge is 0.255 e. The summed E-state index contributed by atoms with van der Waals surface area (Å²) in [6.45, 7) is 7.22. The van der Waals surface area contributed by atoms with E-state index in [1.807, 2.05) is 14.0 Å². The molecule has 1 amide bonds. The van der Waals surface area contributed by atoms with Crippen LogP contribution in [0.3, 0.4) is 0 Å². The van der Waals surface area contributed by atoms with Crippen LogP contribution in [0.1, 0.15) is 24.2 Å². The van der Waals surface area contributed by atoms with Gasteiger partial charge in [-0.2, -0.15) is 0 Å². The van der Waals surface area contributed by atoms with Gasteiger partial charge in [-0.1, -0.05) is 6.92 Å². The molecule has 0 unspecified atom stereocenters. The van der Waals surface area contributed by atoms with Crippen LogP contribution >= 0.6 is 15.9 Å². The average molecular weight is 329 g/mol. The van der Waals surface area contributed by atoms with Gasteiger partial charge in [0.1, 0.15) is 5.82 Å². The maximum atomic E-state index is 12.1. The van der Waals surface area contributed by atoms with E-state index >= 15 is 0 Å². The number of amides is 1. The first kappa shape index (κ1) is 15.9. The molecule has 19 heavy (non-hydrogen) atoms. The predicted molar refractivity (Wildman–Crippen MR) is 81.6 cm³/mol. The quantitative estimate of drug-likeness (QED) is 0.803. The molecular weight excluding hydrogens is 308 g/mol. The molecule has 0 aliphatic carbocycles. The zero-order chi connectivity index (χ0) is 14.3. The van der Waals surface area contributed by atoms with Gasteiger partial charge in [0.25, 0.3) is 5.91 Å². The van der Waals surface area contributed by atoms with E-state index in [0.29, 0.717) is 17.9 Å². The molecule has 0 radical (unpaired) electrons. The fourth-order valence-electron chi connectivity index (χ4n) is 1.53. The molecule has 0 saturated carbocycles. The third-order valence-corrected chi connectivity index (χ3v) is 3.20. The van der Waals surface area contributed by atoms with Crippen molar-refractivity contribution < 1.29 is 4.79 Å². The normalized spacial score (nSPS) is 10.6. The van der Waals surface area contributed by atoms with Gasteiger partial charge in [0.2, 0.25) is 0 Å². The first-order valence-corrected chi connectivity index (χ1v) is 7.23. The lowest BCUT2D eigenvalue weighted by molar-refractivity contribution is 0.0950. The van der Waals surface area contributed by atoms with E-state index in [-0.39, 0.29) is 5.91 Å². The molecule has 0 bridgehead atoms. The van der Waals surface area contributed by atoms with Crippen LogP contribution in [0.25, 0.3) is 0 Å². The number of anilines is 1. The number of pyridine rings is 1. The van der Waals surface area contributed by atoms with Crippen LogP contribution in [0.15, 0.2) is 16.7 Å². The number of hydrogen-bond acceptors (Lipinski definition) is 4. The fraction of sp³-hybridized carbons (Fsp3) is 0.538. The van der Waals surface area contributed by atoms with Crippen LogP contribution in [-0.4, -0.2) is 49.0 Å². The first-order valence-electron chi connectivity index (χ1n) is 6.44. The van der Waals surface area contributed by atoms with Crippen molar-refractivity contribution in [1.82, 2.24) is 15.2 Å². The summed E-state index contributed by atoms with van der Waals surface area (Å²) < 4.78 is 0.796. The lowest BCUT2D eigenvalue weighted by Crippen LogP contribution is -2.33. The maximum absolute atomic E-state index is 12.1. The molecule has 0 atom stereocenters.